The quantitative estimate of drug-likeness (QED) is 0.841. The molecule has 0 aromatic heterocycles. The number of hydrogen-bond acceptors (Lipinski definition) is 3. The Labute approximate surface area is 148 Å². The van der Waals surface area contributed by atoms with E-state index in [-0.39, 0.29) is 17.7 Å². The van der Waals surface area contributed by atoms with Crippen molar-refractivity contribution in [1.29, 1.82) is 0 Å². The van der Waals surface area contributed by atoms with Gasteiger partial charge in [0.25, 0.3) is 5.91 Å². The number of anilines is 1. The number of quaternary nitrogens is 1. The van der Waals surface area contributed by atoms with Gasteiger partial charge in [0.1, 0.15) is 18.3 Å². The van der Waals surface area contributed by atoms with Crippen molar-refractivity contribution >= 4 is 21.4 Å². The average Bonchev–Trinajstić information content (AvgIpc) is 2.96. The summed E-state index contributed by atoms with van der Waals surface area (Å²) in [6.45, 7) is 0.751. The molecule has 1 amide bonds. The van der Waals surface area contributed by atoms with Gasteiger partial charge in [-0.2, -0.15) is 0 Å². The van der Waals surface area contributed by atoms with Crippen LogP contribution in [0.15, 0.2) is 54.6 Å². The van der Waals surface area contributed by atoms with Crippen LogP contribution in [0.2, 0.25) is 0 Å². The minimum Gasteiger partial charge on any atom is -0.330 e. The molecule has 1 heterocycles. The summed E-state index contributed by atoms with van der Waals surface area (Å²) < 4.78 is 23.2. The normalized spacial score (nSPS) is 20.1. The van der Waals surface area contributed by atoms with Crippen molar-refractivity contribution in [1.82, 2.24) is 0 Å². The van der Waals surface area contributed by atoms with Crippen molar-refractivity contribution in [2.45, 2.75) is 19.0 Å². The molecule has 3 rings (SSSR count). The first-order valence-corrected chi connectivity index (χ1v) is 10.2. The molecule has 1 fully saturated rings. The van der Waals surface area contributed by atoms with E-state index in [0.29, 0.717) is 11.3 Å². The highest BCUT2D eigenvalue weighted by Gasteiger charge is 2.33. The summed E-state index contributed by atoms with van der Waals surface area (Å²) in [5.41, 5.74) is 2.47. The van der Waals surface area contributed by atoms with Crippen LogP contribution in [0.4, 0.5) is 5.69 Å². The van der Waals surface area contributed by atoms with Gasteiger partial charge in [-0.05, 0) is 24.3 Å². The molecule has 0 radical (unpaired) electrons. The zero-order chi connectivity index (χ0) is 17.9. The third kappa shape index (κ3) is 4.67. The van der Waals surface area contributed by atoms with Crippen LogP contribution in [-0.4, -0.2) is 38.9 Å². The lowest BCUT2D eigenvalue weighted by atomic mass is 10.1. The molecule has 2 aromatic rings. The van der Waals surface area contributed by atoms with Crippen LogP contribution in [0.25, 0.3) is 0 Å². The summed E-state index contributed by atoms with van der Waals surface area (Å²) >= 11 is 0. The van der Waals surface area contributed by atoms with E-state index in [9.17, 15) is 13.2 Å². The maximum Gasteiger partial charge on any atom is 0.255 e. The van der Waals surface area contributed by atoms with E-state index in [1.807, 2.05) is 61.6 Å². The molecule has 25 heavy (non-hydrogen) atoms. The molecule has 1 saturated heterocycles. The Hall–Kier alpha value is -2.18. The number of nitrogens with one attached hydrogen (secondary N) is 2. The Morgan fingerprint density at radius 3 is 2.40 bits per heavy atom. The van der Waals surface area contributed by atoms with E-state index < -0.39 is 9.84 Å². The highest BCUT2D eigenvalue weighted by atomic mass is 32.2. The van der Waals surface area contributed by atoms with Crippen molar-refractivity contribution in [3.8, 4) is 0 Å². The smallest absolute Gasteiger partial charge is 0.255 e. The van der Waals surface area contributed by atoms with Gasteiger partial charge in [0.2, 0.25) is 0 Å². The van der Waals surface area contributed by atoms with Crippen molar-refractivity contribution < 1.29 is 18.1 Å². The van der Waals surface area contributed by atoms with Crippen LogP contribution >= 0.6 is 0 Å². The Morgan fingerprint density at radius 1 is 1.12 bits per heavy atom. The zero-order valence-corrected chi connectivity index (χ0v) is 15.1. The van der Waals surface area contributed by atoms with E-state index in [2.05, 4.69) is 5.32 Å². The van der Waals surface area contributed by atoms with Gasteiger partial charge >= 0.3 is 0 Å². The molecule has 0 bridgehead atoms. The number of amides is 1. The largest absolute Gasteiger partial charge is 0.330 e. The van der Waals surface area contributed by atoms with E-state index in [1.165, 1.54) is 4.90 Å². The second-order valence-electron chi connectivity index (χ2n) is 6.64. The topological polar surface area (TPSA) is 67.7 Å². The van der Waals surface area contributed by atoms with Crippen molar-refractivity contribution in [3.63, 3.8) is 0 Å². The summed E-state index contributed by atoms with van der Waals surface area (Å²) in [6, 6.07) is 17.0. The van der Waals surface area contributed by atoms with Crippen molar-refractivity contribution in [2.75, 3.05) is 23.9 Å². The van der Waals surface area contributed by atoms with Gasteiger partial charge in [-0.15, -0.1) is 0 Å². The first-order chi connectivity index (χ1) is 11.9. The summed E-state index contributed by atoms with van der Waals surface area (Å²) in [4.78, 5) is 13.4. The summed E-state index contributed by atoms with van der Waals surface area (Å²) in [6.07, 6.45) is 0.728. The molecule has 6 heteroatoms. The predicted octanol–water partition coefficient (Wildman–Crippen LogP) is 1.14. The van der Waals surface area contributed by atoms with E-state index in [0.717, 1.165) is 24.2 Å². The first kappa shape index (κ1) is 17.6. The Kier molecular flexibility index (Phi) is 5.20. The molecule has 0 saturated carbocycles. The fourth-order valence-electron chi connectivity index (χ4n) is 3.15. The van der Waals surface area contributed by atoms with Gasteiger partial charge < -0.3 is 10.2 Å². The highest BCUT2D eigenvalue weighted by molar-refractivity contribution is 7.91. The van der Waals surface area contributed by atoms with Crippen LogP contribution < -0.4 is 10.2 Å². The van der Waals surface area contributed by atoms with Gasteiger partial charge in [-0.25, -0.2) is 8.42 Å². The van der Waals surface area contributed by atoms with Gasteiger partial charge in [0.05, 0.1) is 12.8 Å². The molecule has 2 N–H and O–H groups in total. The van der Waals surface area contributed by atoms with Crippen LogP contribution in [-0.2, 0) is 16.4 Å². The molecule has 1 aliphatic rings. The maximum absolute atomic E-state index is 12.2. The fraction of sp³-hybridized carbons (Fsp3) is 0.316. The fourth-order valence-corrected chi connectivity index (χ4v) is 5.02. The summed E-state index contributed by atoms with van der Waals surface area (Å²) in [5.74, 6) is 0.435. The second kappa shape index (κ2) is 7.37. The van der Waals surface area contributed by atoms with Gasteiger partial charge in [0.15, 0.2) is 9.84 Å². The monoisotopic (exact) mass is 359 g/mol. The molecule has 5 nitrogen and oxygen atoms in total. The molecule has 132 valence electrons. The molecule has 1 aliphatic heterocycles. The second-order valence-corrected chi connectivity index (χ2v) is 8.87. The Balaban J connectivity index is 1.59. The lowest BCUT2D eigenvalue weighted by Crippen LogP contribution is -3.12. The SMILES string of the molecule is C[NH+](Cc1ccc(C(=O)Nc2ccccc2)cc1)[C@H]1CCS(=O)(=O)C1. The number of hydrogen-bond donors (Lipinski definition) is 2. The third-order valence-electron chi connectivity index (χ3n) is 4.66. The molecule has 1 unspecified atom stereocenters. The third-order valence-corrected chi connectivity index (χ3v) is 6.43. The lowest BCUT2D eigenvalue weighted by Gasteiger charge is -2.20. The van der Waals surface area contributed by atoms with Crippen LogP contribution in [0.3, 0.4) is 0 Å². The van der Waals surface area contributed by atoms with Crippen molar-refractivity contribution in [3.05, 3.63) is 65.7 Å². The zero-order valence-electron chi connectivity index (χ0n) is 14.2. The standard InChI is InChI=1S/C19H22N2O3S/c1-21(18-11-12-25(23,24)14-18)13-15-7-9-16(10-8-15)19(22)20-17-5-3-2-4-6-17/h2-10,18H,11-14H2,1H3,(H,20,22)/p+1/t18-/m0/s1. The molecule has 2 atom stereocenters. The number of para-hydroxylation sites is 1. The summed E-state index contributed by atoms with van der Waals surface area (Å²) in [7, 11) is -0.825. The first-order valence-electron chi connectivity index (χ1n) is 8.41. The molecule has 2 aromatic carbocycles. The summed E-state index contributed by atoms with van der Waals surface area (Å²) in [5, 5.41) is 2.86. The minimum absolute atomic E-state index is 0.139. The number of carbonyl (C=O) groups excluding carboxylic acids is 1. The van der Waals surface area contributed by atoms with Crippen LogP contribution in [0.1, 0.15) is 22.3 Å². The Bertz CT molecular complexity index is 833. The molecule has 0 spiro atoms. The minimum atomic E-state index is -2.85. The molecular formula is C19H23N2O3S+. The Morgan fingerprint density at radius 2 is 1.80 bits per heavy atom. The number of rotatable bonds is 5. The lowest BCUT2D eigenvalue weighted by molar-refractivity contribution is -0.916. The maximum atomic E-state index is 12.2. The van der Waals surface area contributed by atoms with Gasteiger partial charge in [0, 0.05) is 23.2 Å². The average molecular weight is 359 g/mol. The number of carbonyl (C=O) groups is 1. The predicted molar refractivity (Wildman–Crippen MR) is 98.5 cm³/mol. The van der Waals surface area contributed by atoms with E-state index in [4.69, 9.17) is 0 Å². The molecule has 0 aliphatic carbocycles. The number of benzene rings is 2. The molecular weight excluding hydrogens is 336 g/mol. The van der Waals surface area contributed by atoms with E-state index in [1.54, 1.807) is 0 Å². The van der Waals surface area contributed by atoms with Crippen LogP contribution in [0.5, 0.6) is 0 Å². The highest BCUT2D eigenvalue weighted by Crippen LogP contribution is 2.11. The van der Waals surface area contributed by atoms with Gasteiger partial charge in [-0.3, -0.25) is 4.79 Å². The van der Waals surface area contributed by atoms with Gasteiger partial charge in [-0.1, -0.05) is 30.3 Å². The van der Waals surface area contributed by atoms with Crippen LogP contribution in [0, 0.1) is 0 Å². The van der Waals surface area contributed by atoms with Crippen molar-refractivity contribution in [2.24, 2.45) is 0 Å². The van der Waals surface area contributed by atoms with E-state index >= 15 is 0 Å². The number of sulfone groups is 1.